The van der Waals surface area contributed by atoms with Gasteiger partial charge in [0.05, 0.1) is 0 Å². The molecule has 1 unspecified atom stereocenters. The van der Waals surface area contributed by atoms with Crippen LogP contribution in [0.3, 0.4) is 0 Å². The number of rotatable bonds is 4. The van der Waals surface area contributed by atoms with E-state index in [9.17, 15) is 0 Å². The Morgan fingerprint density at radius 2 is 2.10 bits per heavy atom. The van der Waals surface area contributed by atoms with Crippen LogP contribution in [-0.2, 0) is 6.42 Å². The van der Waals surface area contributed by atoms with E-state index in [4.69, 9.17) is 16.1 Å². The molecule has 1 atom stereocenters. The molecule has 0 saturated carbocycles. The molecule has 106 valence electrons. The Morgan fingerprint density at radius 3 is 2.85 bits per heavy atom. The average molecular weight is 292 g/mol. The van der Waals surface area contributed by atoms with Gasteiger partial charge in [-0.05, 0) is 50.1 Å². The van der Waals surface area contributed by atoms with Crippen molar-refractivity contribution in [3.63, 3.8) is 0 Å². The first-order chi connectivity index (χ1) is 9.81. The van der Waals surface area contributed by atoms with E-state index in [1.807, 2.05) is 24.3 Å². The van der Waals surface area contributed by atoms with E-state index in [-0.39, 0.29) is 0 Å². The molecule has 0 bridgehead atoms. The molecule has 0 amide bonds. The van der Waals surface area contributed by atoms with Crippen molar-refractivity contribution in [2.24, 2.45) is 0 Å². The second kappa shape index (κ2) is 6.37. The molecule has 1 aliphatic rings. The molecular formula is C15H18ClN3O. The van der Waals surface area contributed by atoms with Gasteiger partial charge in [-0.15, -0.1) is 0 Å². The van der Waals surface area contributed by atoms with Gasteiger partial charge in [0.25, 0.3) is 0 Å². The Balaban J connectivity index is 1.60. The molecule has 1 saturated heterocycles. The lowest BCUT2D eigenvalue weighted by Crippen LogP contribution is -2.34. The van der Waals surface area contributed by atoms with Crippen LogP contribution in [0.25, 0.3) is 11.4 Å². The van der Waals surface area contributed by atoms with Crippen LogP contribution in [0.1, 0.15) is 31.6 Å². The second-order valence-electron chi connectivity index (χ2n) is 5.20. The van der Waals surface area contributed by atoms with Crippen molar-refractivity contribution in [2.45, 2.75) is 38.1 Å². The summed E-state index contributed by atoms with van der Waals surface area (Å²) >= 11 is 5.87. The van der Waals surface area contributed by atoms with Gasteiger partial charge in [0.1, 0.15) is 0 Å². The first kappa shape index (κ1) is 13.6. The zero-order chi connectivity index (χ0) is 13.8. The zero-order valence-electron chi connectivity index (χ0n) is 11.3. The summed E-state index contributed by atoms with van der Waals surface area (Å²) in [6, 6.07) is 8.06. The number of aromatic nitrogens is 2. The standard InChI is InChI=1S/C15H18ClN3O/c16-12-6-4-11(5-7-12)15-18-14(20-19-15)9-8-13-3-1-2-10-17-13/h4-7,13,17H,1-3,8-10H2. The van der Waals surface area contributed by atoms with Crippen LogP contribution in [0, 0.1) is 0 Å². The summed E-state index contributed by atoms with van der Waals surface area (Å²) in [7, 11) is 0. The van der Waals surface area contributed by atoms with E-state index < -0.39 is 0 Å². The minimum Gasteiger partial charge on any atom is -0.339 e. The lowest BCUT2D eigenvalue weighted by molar-refractivity contribution is 0.342. The summed E-state index contributed by atoms with van der Waals surface area (Å²) < 4.78 is 5.32. The van der Waals surface area contributed by atoms with Crippen molar-refractivity contribution < 1.29 is 4.52 Å². The molecule has 1 aliphatic heterocycles. The van der Waals surface area contributed by atoms with Crippen LogP contribution < -0.4 is 5.32 Å². The number of hydrogen-bond acceptors (Lipinski definition) is 4. The van der Waals surface area contributed by atoms with Crippen LogP contribution in [0.15, 0.2) is 28.8 Å². The molecule has 20 heavy (non-hydrogen) atoms. The van der Waals surface area contributed by atoms with E-state index in [1.165, 1.54) is 19.3 Å². The number of benzene rings is 1. The molecule has 2 aromatic rings. The van der Waals surface area contributed by atoms with Crippen molar-refractivity contribution in [3.8, 4) is 11.4 Å². The van der Waals surface area contributed by atoms with E-state index in [2.05, 4.69) is 15.5 Å². The smallest absolute Gasteiger partial charge is 0.227 e. The van der Waals surface area contributed by atoms with Crippen LogP contribution in [0.5, 0.6) is 0 Å². The average Bonchev–Trinajstić information content (AvgIpc) is 2.96. The SMILES string of the molecule is Clc1ccc(-c2noc(CCC3CCCCN3)n2)cc1. The van der Waals surface area contributed by atoms with Crippen molar-refractivity contribution in [3.05, 3.63) is 35.2 Å². The van der Waals surface area contributed by atoms with Gasteiger partial charge in [-0.3, -0.25) is 0 Å². The molecule has 0 aliphatic carbocycles. The monoisotopic (exact) mass is 291 g/mol. The number of aryl methyl sites for hydroxylation is 1. The predicted octanol–water partition coefficient (Wildman–Crippen LogP) is 3.46. The van der Waals surface area contributed by atoms with E-state index in [0.29, 0.717) is 22.8 Å². The third kappa shape index (κ3) is 3.38. The summed E-state index contributed by atoms with van der Waals surface area (Å²) in [4.78, 5) is 4.45. The fourth-order valence-electron chi connectivity index (χ4n) is 2.54. The van der Waals surface area contributed by atoms with E-state index in [0.717, 1.165) is 24.9 Å². The summed E-state index contributed by atoms with van der Waals surface area (Å²) in [6.07, 6.45) is 5.74. The van der Waals surface area contributed by atoms with Crippen molar-refractivity contribution >= 4 is 11.6 Å². The molecule has 4 nitrogen and oxygen atoms in total. The third-order valence-corrected chi connectivity index (χ3v) is 3.94. The summed E-state index contributed by atoms with van der Waals surface area (Å²) in [5.74, 6) is 1.34. The van der Waals surface area contributed by atoms with E-state index in [1.54, 1.807) is 0 Å². The fraction of sp³-hybridized carbons (Fsp3) is 0.467. The molecule has 1 aromatic carbocycles. The van der Waals surface area contributed by atoms with Gasteiger partial charge in [-0.25, -0.2) is 0 Å². The molecule has 0 radical (unpaired) electrons. The first-order valence-electron chi connectivity index (χ1n) is 7.13. The number of halogens is 1. The zero-order valence-corrected chi connectivity index (χ0v) is 12.1. The van der Waals surface area contributed by atoms with Gasteiger partial charge in [0, 0.05) is 23.0 Å². The topological polar surface area (TPSA) is 51.0 Å². The Labute approximate surface area is 123 Å². The van der Waals surface area contributed by atoms with Crippen molar-refractivity contribution in [2.75, 3.05) is 6.54 Å². The lowest BCUT2D eigenvalue weighted by Gasteiger charge is -2.22. The maximum absolute atomic E-state index is 5.87. The summed E-state index contributed by atoms with van der Waals surface area (Å²) in [5.41, 5.74) is 0.931. The highest BCUT2D eigenvalue weighted by atomic mass is 35.5. The Bertz CT molecular complexity index is 547. The number of hydrogen-bond donors (Lipinski definition) is 1. The van der Waals surface area contributed by atoms with Gasteiger partial charge in [-0.1, -0.05) is 23.2 Å². The summed E-state index contributed by atoms with van der Waals surface area (Å²) in [5, 5.41) is 8.27. The minimum absolute atomic E-state index is 0.592. The Morgan fingerprint density at radius 1 is 1.25 bits per heavy atom. The Hall–Kier alpha value is -1.39. The summed E-state index contributed by atoms with van der Waals surface area (Å²) in [6.45, 7) is 1.13. The van der Waals surface area contributed by atoms with Gasteiger partial charge in [0.15, 0.2) is 0 Å². The maximum atomic E-state index is 5.87. The van der Waals surface area contributed by atoms with Gasteiger partial charge < -0.3 is 9.84 Å². The predicted molar refractivity (Wildman–Crippen MR) is 78.7 cm³/mol. The Kier molecular flexibility index (Phi) is 4.33. The molecule has 1 aromatic heterocycles. The number of piperidine rings is 1. The van der Waals surface area contributed by atoms with Gasteiger partial charge >= 0.3 is 0 Å². The number of nitrogens with zero attached hydrogens (tertiary/aromatic N) is 2. The van der Waals surface area contributed by atoms with E-state index >= 15 is 0 Å². The highest BCUT2D eigenvalue weighted by molar-refractivity contribution is 6.30. The molecule has 3 rings (SSSR count). The van der Waals surface area contributed by atoms with Crippen LogP contribution in [0.2, 0.25) is 5.02 Å². The first-order valence-corrected chi connectivity index (χ1v) is 7.51. The van der Waals surface area contributed by atoms with Crippen LogP contribution >= 0.6 is 11.6 Å². The molecule has 1 N–H and O–H groups in total. The molecule has 1 fully saturated rings. The quantitative estimate of drug-likeness (QED) is 0.937. The van der Waals surface area contributed by atoms with Gasteiger partial charge in [0.2, 0.25) is 11.7 Å². The largest absolute Gasteiger partial charge is 0.339 e. The van der Waals surface area contributed by atoms with Crippen molar-refractivity contribution in [1.82, 2.24) is 15.5 Å². The van der Waals surface area contributed by atoms with Crippen molar-refractivity contribution in [1.29, 1.82) is 0 Å². The van der Waals surface area contributed by atoms with Gasteiger partial charge in [-0.2, -0.15) is 4.98 Å². The molecule has 0 spiro atoms. The number of nitrogens with one attached hydrogen (secondary N) is 1. The molecule has 2 heterocycles. The normalized spacial score (nSPS) is 19.1. The second-order valence-corrected chi connectivity index (χ2v) is 5.64. The maximum Gasteiger partial charge on any atom is 0.227 e. The minimum atomic E-state index is 0.592. The third-order valence-electron chi connectivity index (χ3n) is 3.69. The lowest BCUT2D eigenvalue weighted by atomic mass is 10.0. The van der Waals surface area contributed by atoms with Crippen LogP contribution in [-0.4, -0.2) is 22.7 Å². The van der Waals surface area contributed by atoms with Crippen LogP contribution in [0.4, 0.5) is 0 Å². The highest BCUT2D eigenvalue weighted by Crippen LogP contribution is 2.19. The highest BCUT2D eigenvalue weighted by Gasteiger charge is 2.15. The fourth-order valence-corrected chi connectivity index (χ4v) is 2.67. The molecule has 5 heteroatoms. The molecular weight excluding hydrogens is 274 g/mol.